The normalized spacial score (nSPS) is 17.1. The monoisotopic (exact) mass is 237 g/mol. The van der Waals surface area contributed by atoms with Crippen molar-refractivity contribution in [3.8, 4) is 0 Å². The van der Waals surface area contributed by atoms with E-state index in [0.29, 0.717) is 0 Å². The predicted molar refractivity (Wildman–Crippen MR) is 68.8 cm³/mol. The number of hydrogen-bond donors (Lipinski definition) is 2. The second kappa shape index (κ2) is 5.47. The van der Waals surface area contributed by atoms with Gasteiger partial charge in [0.25, 0.3) is 0 Å². The van der Waals surface area contributed by atoms with Gasteiger partial charge in [-0.25, -0.2) is 4.39 Å². The fraction of sp³-hybridized carbons (Fsp3) is 0.538. The smallest absolute Gasteiger partial charge is 0.128 e. The molecule has 1 aliphatic heterocycles. The van der Waals surface area contributed by atoms with Crippen LogP contribution in [0.25, 0.3) is 0 Å². The zero-order valence-electron chi connectivity index (χ0n) is 10.5. The summed E-state index contributed by atoms with van der Waals surface area (Å²) in [5.41, 5.74) is 2.69. The summed E-state index contributed by atoms with van der Waals surface area (Å²) >= 11 is 0. The van der Waals surface area contributed by atoms with Crippen molar-refractivity contribution in [3.05, 3.63) is 29.1 Å². The molecule has 0 aromatic heterocycles. The summed E-state index contributed by atoms with van der Waals surface area (Å²) in [5.74, 6) is -0.123. The van der Waals surface area contributed by atoms with Crippen LogP contribution >= 0.6 is 0 Å². The van der Waals surface area contributed by atoms with Crippen molar-refractivity contribution >= 4 is 5.69 Å². The van der Waals surface area contributed by atoms with E-state index in [1.54, 1.807) is 6.07 Å². The lowest BCUT2D eigenvalue weighted by Gasteiger charge is -2.28. The molecule has 1 aromatic carbocycles. The Morgan fingerprint density at radius 3 is 2.71 bits per heavy atom. The SMILES string of the molecule is CNc1cc(F)c(C)c(CN2CCNCC2)c1. The molecule has 4 heteroatoms. The third-order valence-electron chi connectivity index (χ3n) is 3.34. The third kappa shape index (κ3) is 2.96. The Labute approximate surface area is 102 Å². The molecule has 2 rings (SSSR count). The summed E-state index contributed by atoms with van der Waals surface area (Å²) in [6.45, 7) is 6.79. The molecule has 17 heavy (non-hydrogen) atoms. The van der Waals surface area contributed by atoms with E-state index in [1.807, 2.05) is 20.0 Å². The number of hydrogen-bond acceptors (Lipinski definition) is 3. The van der Waals surface area contributed by atoms with E-state index in [-0.39, 0.29) is 5.82 Å². The minimum absolute atomic E-state index is 0.123. The van der Waals surface area contributed by atoms with Gasteiger partial charge in [0.2, 0.25) is 0 Å². The molecule has 0 amide bonds. The first kappa shape index (κ1) is 12.3. The summed E-state index contributed by atoms with van der Waals surface area (Å²) in [6, 6.07) is 3.59. The highest BCUT2D eigenvalue weighted by atomic mass is 19.1. The molecular formula is C13H20FN3. The van der Waals surface area contributed by atoms with Crippen LogP contribution in [0.2, 0.25) is 0 Å². The van der Waals surface area contributed by atoms with Crippen molar-refractivity contribution < 1.29 is 4.39 Å². The third-order valence-corrected chi connectivity index (χ3v) is 3.34. The van der Waals surface area contributed by atoms with Gasteiger partial charge >= 0.3 is 0 Å². The molecule has 1 aromatic rings. The standard InChI is InChI=1S/C13H20FN3/c1-10-11(7-12(15-2)8-13(10)14)9-17-5-3-16-4-6-17/h7-8,15-16H,3-6,9H2,1-2H3. The molecule has 94 valence electrons. The van der Waals surface area contributed by atoms with Gasteiger partial charge in [0.1, 0.15) is 5.82 Å². The Morgan fingerprint density at radius 2 is 2.06 bits per heavy atom. The Balaban J connectivity index is 2.15. The second-order valence-corrected chi connectivity index (χ2v) is 4.52. The van der Waals surface area contributed by atoms with E-state index in [9.17, 15) is 4.39 Å². The Bertz CT molecular complexity index is 386. The number of nitrogens with zero attached hydrogens (tertiary/aromatic N) is 1. The average molecular weight is 237 g/mol. The quantitative estimate of drug-likeness (QED) is 0.836. The summed E-state index contributed by atoms with van der Waals surface area (Å²) in [6.07, 6.45) is 0. The Hall–Kier alpha value is -1.13. The topological polar surface area (TPSA) is 27.3 Å². The lowest BCUT2D eigenvalue weighted by Crippen LogP contribution is -2.43. The zero-order chi connectivity index (χ0) is 12.3. The van der Waals surface area contributed by atoms with Crippen LogP contribution in [-0.4, -0.2) is 38.1 Å². The first-order valence-electron chi connectivity index (χ1n) is 6.10. The lowest BCUT2D eigenvalue weighted by atomic mass is 10.1. The number of halogens is 1. The van der Waals surface area contributed by atoms with Crippen LogP contribution in [0.1, 0.15) is 11.1 Å². The number of nitrogens with one attached hydrogen (secondary N) is 2. The summed E-state index contributed by atoms with van der Waals surface area (Å²) in [5, 5.41) is 6.32. The molecule has 1 heterocycles. The second-order valence-electron chi connectivity index (χ2n) is 4.52. The highest BCUT2D eigenvalue weighted by Crippen LogP contribution is 2.20. The van der Waals surface area contributed by atoms with Crippen LogP contribution in [0.3, 0.4) is 0 Å². The van der Waals surface area contributed by atoms with Gasteiger partial charge in [-0.1, -0.05) is 0 Å². The van der Waals surface area contributed by atoms with E-state index >= 15 is 0 Å². The molecular weight excluding hydrogens is 217 g/mol. The van der Waals surface area contributed by atoms with Crippen molar-refractivity contribution in [2.75, 3.05) is 38.5 Å². The van der Waals surface area contributed by atoms with E-state index in [1.165, 1.54) is 0 Å². The molecule has 1 fully saturated rings. The molecule has 0 atom stereocenters. The largest absolute Gasteiger partial charge is 0.388 e. The molecule has 0 spiro atoms. The van der Waals surface area contributed by atoms with Crippen LogP contribution < -0.4 is 10.6 Å². The van der Waals surface area contributed by atoms with Gasteiger partial charge in [0.15, 0.2) is 0 Å². The number of anilines is 1. The molecule has 0 radical (unpaired) electrons. The van der Waals surface area contributed by atoms with Gasteiger partial charge in [0.05, 0.1) is 0 Å². The minimum atomic E-state index is -0.123. The molecule has 2 N–H and O–H groups in total. The van der Waals surface area contributed by atoms with Crippen LogP contribution in [0.5, 0.6) is 0 Å². The molecule has 1 saturated heterocycles. The van der Waals surface area contributed by atoms with Crippen LogP contribution in [-0.2, 0) is 6.54 Å². The summed E-state index contributed by atoms with van der Waals surface area (Å²) in [7, 11) is 1.82. The maximum Gasteiger partial charge on any atom is 0.128 e. The molecule has 0 bridgehead atoms. The van der Waals surface area contributed by atoms with E-state index < -0.39 is 0 Å². The van der Waals surface area contributed by atoms with Crippen molar-refractivity contribution in [1.82, 2.24) is 10.2 Å². The van der Waals surface area contributed by atoms with E-state index in [0.717, 1.165) is 49.5 Å². The highest BCUT2D eigenvalue weighted by Gasteiger charge is 2.13. The lowest BCUT2D eigenvalue weighted by molar-refractivity contribution is 0.232. The maximum atomic E-state index is 13.7. The van der Waals surface area contributed by atoms with Crippen LogP contribution in [0.4, 0.5) is 10.1 Å². The van der Waals surface area contributed by atoms with E-state index in [2.05, 4.69) is 15.5 Å². The summed E-state index contributed by atoms with van der Waals surface area (Å²) < 4.78 is 13.7. The van der Waals surface area contributed by atoms with Gasteiger partial charge < -0.3 is 10.6 Å². The minimum Gasteiger partial charge on any atom is -0.388 e. The molecule has 0 aliphatic carbocycles. The van der Waals surface area contributed by atoms with Crippen LogP contribution in [0.15, 0.2) is 12.1 Å². The highest BCUT2D eigenvalue weighted by molar-refractivity contribution is 5.48. The van der Waals surface area contributed by atoms with Crippen molar-refractivity contribution in [2.24, 2.45) is 0 Å². The van der Waals surface area contributed by atoms with Crippen molar-refractivity contribution in [1.29, 1.82) is 0 Å². The molecule has 3 nitrogen and oxygen atoms in total. The Morgan fingerprint density at radius 1 is 1.35 bits per heavy atom. The molecule has 0 saturated carbocycles. The van der Waals surface area contributed by atoms with Gasteiger partial charge in [-0.2, -0.15) is 0 Å². The zero-order valence-corrected chi connectivity index (χ0v) is 10.5. The number of benzene rings is 1. The van der Waals surface area contributed by atoms with Gasteiger partial charge in [-0.15, -0.1) is 0 Å². The number of rotatable bonds is 3. The average Bonchev–Trinajstić information content (AvgIpc) is 2.36. The first-order chi connectivity index (χ1) is 8.20. The molecule has 1 aliphatic rings. The van der Waals surface area contributed by atoms with Crippen LogP contribution in [0, 0.1) is 12.7 Å². The Kier molecular flexibility index (Phi) is 3.97. The van der Waals surface area contributed by atoms with Crippen molar-refractivity contribution in [3.63, 3.8) is 0 Å². The van der Waals surface area contributed by atoms with E-state index in [4.69, 9.17) is 0 Å². The number of piperazine rings is 1. The van der Waals surface area contributed by atoms with Gasteiger partial charge in [0, 0.05) is 45.5 Å². The maximum absolute atomic E-state index is 13.7. The fourth-order valence-corrected chi connectivity index (χ4v) is 2.15. The van der Waals surface area contributed by atoms with Gasteiger partial charge in [-0.3, -0.25) is 4.90 Å². The van der Waals surface area contributed by atoms with Gasteiger partial charge in [-0.05, 0) is 30.2 Å². The fourth-order valence-electron chi connectivity index (χ4n) is 2.15. The first-order valence-corrected chi connectivity index (χ1v) is 6.10. The molecule has 0 unspecified atom stereocenters. The predicted octanol–water partition coefficient (Wildman–Crippen LogP) is 1.58. The van der Waals surface area contributed by atoms with Crippen molar-refractivity contribution in [2.45, 2.75) is 13.5 Å². The summed E-state index contributed by atoms with van der Waals surface area (Å²) in [4.78, 5) is 2.36.